The number of pyridine rings is 1. The predicted molar refractivity (Wildman–Crippen MR) is 82.1 cm³/mol. The minimum absolute atomic E-state index is 0.717. The first-order chi connectivity index (χ1) is 9.88. The highest BCUT2D eigenvalue weighted by Crippen LogP contribution is 2.23. The number of methoxy groups -OCH3 is 1. The van der Waals surface area contributed by atoms with Crippen molar-refractivity contribution < 1.29 is 4.74 Å². The van der Waals surface area contributed by atoms with Gasteiger partial charge in [0.05, 0.1) is 7.11 Å². The number of anilines is 1. The molecule has 1 heterocycles. The first-order valence-corrected chi connectivity index (χ1v) is 6.58. The van der Waals surface area contributed by atoms with E-state index in [0.717, 1.165) is 11.6 Å². The maximum absolute atomic E-state index is 5.30. The number of aromatic nitrogens is 1. The molecule has 0 unspecified atom stereocenters. The third-order valence-electron chi connectivity index (χ3n) is 3.32. The molecule has 3 heteroatoms. The van der Waals surface area contributed by atoms with Gasteiger partial charge in [-0.1, -0.05) is 42.5 Å². The molecule has 1 aromatic heterocycles. The van der Waals surface area contributed by atoms with Gasteiger partial charge in [-0.15, -0.1) is 0 Å². The van der Waals surface area contributed by atoms with Gasteiger partial charge in [-0.3, -0.25) is 0 Å². The molecular formula is C17H16N2O. The minimum atomic E-state index is 0.717. The maximum atomic E-state index is 5.30. The quantitative estimate of drug-likeness (QED) is 0.777. The third kappa shape index (κ3) is 2.43. The summed E-state index contributed by atoms with van der Waals surface area (Å²) < 4.78 is 5.30. The fourth-order valence-corrected chi connectivity index (χ4v) is 2.31. The molecule has 0 bridgehead atoms. The van der Waals surface area contributed by atoms with Gasteiger partial charge >= 0.3 is 0 Å². The number of hydrogen-bond acceptors (Lipinski definition) is 3. The number of nitrogens with zero attached hydrogens (tertiary/aromatic N) is 1. The second-order valence-electron chi connectivity index (χ2n) is 4.55. The molecule has 0 aliphatic carbocycles. The van der Waals surface area contributed by atoms with Crippen LogP contribution in [0.3, 0.4) is 0 Å². The van der Waals surface area contributed by atoms with Gasteiger partial charge in [-0.05, 0) is 28.5 Å². The Morgan fingerprint density at radius 3 is 2.75 bits per heavy atom. The predicted octanol–water partition coefficient (Wildman–Crippen LogP) is 3.86. The summed E-state index contributed by atoms with van der Waals surface area (Å²) in [6.45, 7) is 0.717. The first kappa shape index (κ1) is 12.5. The largest absolute Gasteiger partial charge is 0.493 e. The van der Waals surface area contributed by atoms with Crippen molar-refractivity contribution in [1.29, 1.82) is 0 Å². The Morgan fingerprint density at radius 1 is 1.00 bits per heavy atom. The number of fused-ring (bicyclic) bond motifs is 1. The Kier molecular flexibility index (Phi) is 3.50. The number of nitrogens with one attached hydrogen (secondary N) is 1. The lowest BCUT2D eigenvalue weighted by Gasteiger charge is -2.11. The van der Waals surface area contributed by atoms with E-state index in [1.54, 1.807) is 13.3 Å². The van der Waals surface area contributed by atoms with Crippen molar-refractivity contribution in [3.63, 3.8) is 0 Å². The Bertz CT molecular complexity index is 720. The van der Waals surface area contributed by atoms with E-state index in [4.69, 9.17) is 4.74 Å². The van der Waals surface area contributed by atoms with Crippen LogP contribution in [0, 0.1) is 0 Å². The van der Waals surface area contributed by atoms with E-state index >= 15 is 0 Å². The lowest BCUT2D eigenvalue weighted by molar-refractivity contribution is 0.415. The van der Waals surface area contributed by atoms with E-state index in [2.05, 4.69) is 52.8 Å². The molecule has 0 amide bonds. The van der Waals surface area contributed by atoms with Crippen molar-refractivity contribution in [3.8, 4) is 5.75 Å². The molecule has 0 spiro atoms. The molecule has 2 aromatic carbocycles. The monoisotopic (exact) mass is 264 g/mol. The summed E-state index contributed by atoms with van der Waals surface area (Å²) in [6.07, 6.45) is 1.76. The zero-order chi connectivity index (χ0) is 13.8. The molecule has 0 aliphatic heterocycles. The summed E-state index contributed by atoms with van der Waals surface area (Å²) in [5.74, 6) is 1.52. The van der Waals surface area contributed by atoms with Crippen molar-refractivity contribution in [3.05, 3.63) is 66.4 Å². The number of benzene rings is 2. The van der Waals surface area contributed by atoms with Crippen LogP contribution in [-0.4, -0.2) is 12.1 Å². The van der Waals surface area contributed by atoms with Gasteiger partial charge in [-0.25, -0.2) is 4.98 Å². The Hall–Kier alpha value is -2.55. The summed E-state index contributed by atoms with van der Waals surface area (Å²) in [4.78, 5) is 4.31. The van der Waals surface area contributed by atoms with E-state index < -0.39 is 0 Å². The van der Waals surface area contributed by atoms with Crippen LogP contribution in [0.15, 0.2) is 60.8 Å². The van der Waals surface area contributed by atoms with Gasteiger partial charge < -0.3 is 10.1 Å². The van der Waals surface area contributed by atoms with Crippen molar-refractivity contribution in [2.75, 3.05) is 12.4 Å². The highest BCUT2D eigenvalue weighted by Gasteiger charge is 2.04. The summed E-state index contributed by atoms with van der Waals surface area (Å²) in [5, 5.41) is 5.85. The fraction of sp³-hybridized carbons (Fsp3) is 0.118. The number of rotatable bonds is 4. The topological polar surface area (TPSA) is 34.1 Å². The van der Waals surface area contributed by atoms with Crippen LogP contribution in [0.25, 0.3) is 10.8 Å². The molecule has 0 radical (unpaired) electrons. The second-order valence-corrected chi connectivity index (χ2v) is 4.55. The van der Waals surface area contributed by atoms with Crippen molar-refractivity contribution in [1.82, 2.24) is 4.98 Å². The lowest BCUT2D eigenvalue weighted by Crippen LogP contribution is -2.03. The molecule has 3 nitrogen and oxygen atoms in total. The van der Waals surface area contributed by atoms with Crippen molar-refractivity contribution in [2.24, 2.45) is 0 Å². The molecule has 0 fully saturated rings. The highest BCUT2D eigenvalue weighted by molar-refractivity contribution is 5.85. The third-order valence-corrected chi connectivity index (χ3v) is 3.32. The van der Waals surface area contributed by atoms with E-state index in [1.165, 1.54) is 16.3 Å². The molecule has 100 valence electrons. The molecule has 3 rings (SSSR count). The molecule has 1 N–H and O–H groups in total. The summed E-state index contributed by atoms with van der Waals surface area (Å²) in [7, 11) is 1.65. The average molecular weight is 264 g/mol. The van der Waals surface area contributed by atoms with Gasteiger partial charge in [0.1, 0.15) is 0 Å². The van der Waals surface area contributed by atoms with Gasteiger partial charge in [0.2, 0.25) is 0 Å². The Balaban J connectivity index is 1.87. The van der Waals surface area contributed by atoms with Crippen LogP contribution in [0.1, 0.15) is 5.56 Å². The Morgan fingerprint density at radius 2 is 1.85 bits per heavy atom. The van der Waals surface area contributed by atoms with Crippen molar-refractivity contribution in [2.45, 2.75) is 6.54 Å². The number of hydrogen-bond donors (Lipinski definition) is 1. The molecule has 20 heavy (non-hydrogen) atoms. The maximum Gasteiger partial charge on any atom is 0.168 e. The van der Waals surface area contributed by atoms with Crippen molar-refractivity contribution >= 4 is 16.6 Å². The zero-order valence-corrected chi connectivity index (χ0v) is 11.3. The van der Waals surface area contributed by atoms with Crippen LogP contribution in [0.2, 0.25) is 0 Å². The van der Waals surface area contributed by atoms with E-state index in [0.29, 0.717) is 6.54 Å². The van der Waals surface area contributed by atoms with Gasteiger partial charge in [-0.2, -0.15) is 0 Å². The summed E-state index contributed by atoms with van der Waals surface area (Å²) in [5.41, 5.74) is 1.25. The van der Waals surface area contributed by atoms with E-state index in [-0.39, 0.29) is 0 Å². The van der Waals surface area contributed by atoms with Crippen LogP contribution in [-0.2, 0) is 6.54 Å². The van der Waals surface area contributed by atoms with E-state index in [9.17, 15) is 0 Å². The lowest BCUT2D eigenvalue weighted by atomic mass is 10.0. The molecule has 0 aliphatic rings. The van der Waals surface area contributed by atoms with Crippen LogP contribution in [0.4, 0.5) is 5.82 Å². The normalized spacial score (nSPS) is 10.4. The molecule has 3 aromatic rings. The standard InChI is InChI=1S/C17H16N2O/c1-20-16-10-5-11-18-17(16)19-12-14-8-4-7-13-6-2-3-9-15(13)14/h2-11H,12H2,1H3,(H,18,19). The molecule has 0 atom stereocenters. The summed E-state index contributed by atoms with van der Waals surface area (Å²) >= 11 is 0. The van der Waals surface area contributed by atoms with Gasteiger partial charge in [0.25, 0.3) is 0 Å². The molecular weight excluding hydrogens is 248 g/mol. The van der Waals surface area contributed by atoms with Crippen LogP contribution < -0.4 is 10.1 Å². The smallest absolute Gasteiger partial charge is 0.168 e. The fourth-order valence-electron chi connectivity index (χ4n) is 2.31. The number of ether oxygens (including phenoxy) is 1. The SMILES string of the molecule is COc1cccnc1NCc1cccc2ccccc12. The summed E-state index contributed by atoms with van der Waals surface area (Å²) in [6, 6.07) is 18.5. The van der Waals surface area contributed by atoms with Gasteiger partial charge in [0, 0.05) is 12.7 Å². The first-order valence-electron chi connectivity index (χ1n) is 6.58. The highest BCUT2D eigenvalue weighted by atomic mass is 16.5. The van der Waals surface area contributed by atoms with E-state index in [1.807, 2.05) is 12.1 Å². The molecule has 0 saturated heterocycles. The van der Waals surface area contributed by atoms with Crippen LogP contribution >= 0.6 is 0 Å². The van der Waals surface area contributed by atoms with Crippen LogP contribution in [0.5, 0.6) is 5.75 Å². The zero-order valence-electron chi connectivity index (χ0n) is 11.3. The second kappa shape index (κ2) is 5.61. The average Bonchev–Trinajstić information content (AvgIpc) is 2.53. The molecule has 0 saturated carbocycles. The Labute approximate surface area is 118 Å². The minimum Gasteiger partial charge on any atom is -0.493 e. The van der Waals surface area contributed by atoms with Gasteiger partial charge in [0.15, 0.2) is 11.6 Å².